The Bertz CT molecular complexity index is 2180. The van der Waals surface area contributed by atoms with Crippen LogP contribution in [0.2, 0.25) is 0 Å². The molecule has 0 fully saturated rings. The molecule has 0 atom stereocenters. The van der Waals surface area contributed by atoms with Crippen molar-refractivity contribution < 1.29 is 19.0 Å². The Kier molecular flexibility index (Phi) is 8.58. The lowest BCUT2D eigenvalue weighted by atomic mass is 10.0. The van der Waals surface area contributed by atoms with Crippen LogP contribution < -0.4 is 9.47 Å². The monoisotopic (exact) mass is 638 g/mol. The minimum absolute atomic E-state index is 0.365. The van der Waals surface area contributed by atoms with E-state index in [4.69, 9.17) is 24.2 Å². The fourth-order valence-corrected chi connectivity index (χ4v) is 6.14. The third-order valence-corrected chi connectivity index (χ3v) is 8.70. The van der Waals surface area contributed by atoms with E-state index in [0.717, 1.165) is 75.6 Å². The maximum Gasteiger partial charge on any atom is 0.337 e. The molecule has 1 aliphatic heterocycles. The van der Waals surface area contributed by atoms with Crippen LogP contribution >= 0.6 is 0 Å². The van der Waals surface area contributed by atoms with Gasteiger partial charge >= 0.3 is 5.97 Å². The van der Waals surface area contributed by atoms with E-state index < -0.39 is 5.97 Å². The van der Waals surface area contributed by atoms with E-state index in [1.807, 2.05) is 73.2 Å². The minimum atomic E-state index is -0.398. The first-order chi connectivity index (χ1) is 23.5. The van der Waals surface area contributed by atoms with Crippen molar-refractivity contribution in [1.29, 1.82) is 5.26 Å². The number of carbonyl (C=O) groups is 1. The highest BCUT2D eigenvalue weighted by Gasteiger charge is 2.19. The average Bonchev–Trinajstić information content (AvgIpc) is 3.72. The number of pyridine rings is 1. The molecule has 4 heterocycles. The number of carbonyl (C=O) groups excluding carboxylic acids is 1. The van der Waals surface area contributed by atoms with E-state index in [0.29, 0.717) is 43.2 Å². The van der Waals surface area contributed by atoms with E-state index >= 15 is 0 Å². The summed E-state index contributed by atoms with van der Waals surface area (Å²) in [4.78, 5) is 26.7. The zero-order valence-electron chi connectivity index (χ0n) is 26.8. The predicted molar refractivity (Wildman–Crippen MR) is 180 cm³/mol. The molecule has 3 aromatic carbocycles. The van der Waals surface area contributed by atoms with E-state index in [2.05, 4.69) is 33.2 Å². The molecule has 0 saturated heterocycles. The maximum atomic E-state index is 12.5. The second kappa shape index (κ2) is 13.4. The second-order valence-corrected chi connectivity index (χ2v) is 11.7. The molecule has 6 aromatic rings. The van der Waals surface area contributed by atoms with Gasteiger partial charge in [0.15, 0.2) is 0 Å². The molecular formula is C38H34N6O4. The van der Waals surface area contributed by atoms with Crippen LogP contribution in [0, 0.1) is 11.3 Å². The van der Waals surface area contributed by atoms with Gasteiger partial charge in [0.25, 0.3) is 0 Å². The zero-order valence-corrected chi connectivity index (χ0v) is 26.8. The van der Waals surface area contributed by atoms with Gasteiger partial charge in [-0.3, -0.25) is 0 Å². The van der Waals surface area contributed by atoms with Crippen LogP contribution in [0.3, 0.4) is 0 Å². The Morgan fingerprint density at radius 3 is 2.79 bits per heavy atom. The molecule has 3 aromatic heterocycles. The molecule has 1 aliphatic rings. The van der Waals surface area contributed by atoms with Crippen molar-refractivity contribution in [2.24, 2.45) is 0 Å². The Morgan fingerprint density at radius 2 is 1.94 bits per heavy atom. The number of hydrogen-bond acceptors (Lipinski definition) is 8. The summed E-state index contributed by atoms with van der Waals surface area (Å²) in [5, 5.41) is 9.50. The molecule has 0 unspecified atom stereocenters. The number of aromatic nitrogens is 5. The fraction of sp³-hybridized carbons (Fsp3) is 0.237. The number of esters is 1. The Balaban J connectivity index is 1.28. The lowest BCUT2D eigenvalue weighted by Crippen LogP contribution is -2.11. The number of fused-ring (bicyclic) bond motifs is 7. The predicted octanol–water partition coefficient (Wildman–Crippen LogP) is 6.52. The molecule has 10 heteroatoms. The number of nitriles is 1. The third kappa shape index (κ3) is 6.22. The number of rotatable bonds is 6. The lowest BCUT2D eigenvalue weighted by molar-refractivity contribution is 0.0601. The number of methoxy groups -OCH3 is 1. The summed E-state index contributed by atoms with van der Waals surface area (Å²) in [7, 11) is 1.38. The Labute approximate surface area is 278 Å². The number of ether oxygens (including phenoxy) is 3. The fourth-order valence-electron chi connectivity index (χ4n) is 6.14. The molecule has 0 saturated carbocycles. The van der Waals surface area contributed by atoms with Crippen LogP contribution in [0.5, 0.6) is 11.6 Å². The summed E-state index contributed by atoms with van der Waals surface area (Å²) in [6.45, 7) is 4.24. The van der Waals surface area contributed by atoms with Gasteiger partial charge in [0.2, 0.25) is 5.88 Å². The number of benzene rings is 3. The molecule has 0 N–H and O–H groups in total. The van der Waals surface area contributed by atoms with Crippen LogP contribution in [-0.2, 0) is 37.3 Å². The van der Waals surface area contributed by atoms with Crippen molar-refractivity contribution in [2.75, 3.05) is 13.7 Å². The van der Waals surface area contributed by atoms with E-state index in [1.54, 1.807) is 6.07 Å². The van der Waals surface area contributed by atoms with Crippen molar-refractivity contribution in [1.82, 2.24) is 24.1 Å². The largest absolute Gasteiger partial charge is 0.493 e. The van der Waals surface area contributed by atoms with Gasteiger partial charge in [0, 0.05) is 36.4 Å². The molecule has 0 spiro atoms. The molecule has 48 heavy (non-hydrogen) atoms. The number of imidazole rings is 2. The smallest absolute Gasteiger partial charge is 0.337 e. The van der Waals surface area contributed by atoms with E-state index in [1.165, 1.54) is 7.11 Å². The number of hydrogen-bond donors (Lipinski definition) is 0. The molecule has 4 bridgehead atoms. The minimum Gasteiger partial charge on any atom is -0.493 e. The molecule has 0 radical (unpaired) electrons. The maximum absolute atomic E-state index is 12.5. The third-order valence-electron chi connectivity index (χ3n) is 8.70. The van der Waals surface area contributed by atoms with E-state index in [9.17, 15) is 10.1 Å². The summed E-state index contributed by atoms with van der Waals surface area (Å²) in [5.74, 6) is 1.70. The highest BCUT2D eigenvalue weighted by Crippen LogP contribution is 2.31. The first-order valence-electron chi connectivity index (χ1n) is 16.0. The van der Waals surface area contributed by atoms with Crippen molar-refractivity contribution in [2.45, 2.75) is 45.9 Å². The second-order valence-electron chi connectivity index (χ2n) is 11.7. The van der Waals surface area contributed by atoms with Gasteiger partial charge in [-0.05, 0) is 73.4 Å². The lowest BCUT2D eigenvalue weighted by Gasteiger charge is -2.17. The standard InChI is InChI=1S/C38H34N6O4/c1-3-43-24-40-21-31(43)22-44-34-17-29(38(45)46-2)13-14-33(34)41-36(44)19-28-12-11-27-18-35(28)47-15-5-6-26-16-25(20-39)9-10-30(26)23-48-37-8-4-7-32(27)42-37/h4,7-14,16-18,21,24H,3,5-6,15,19,22-23H2,1-2H3. The zero-order chi connectivity index (χ0) is 33.0. The van der Waals surface area contributed by atoms with Gasteiger partial charge in [0.05, 0.1) is 66.2 Å². The normalized spacial score (nSPS) is 12.7. The van der Waals surface area contributed by atoms with Crippen LogP contribution in [0.15, 0.2) is 85.3 Å². The van der Waals surface area contributed by atoms with E-state index in [-0.39, 0.29) is 0 Å². The van der Waals surface area contributed by atoms with Crippen LogP contribution in [0.4, 0.5) is 0 Å². The van der Waals surface area contributed by atoms with Gasteiger partial charge in [-0.2, -0.15) is 5.26 Å². The van der Waals surface area contributed by atoms with Gasteiger partial charge in [-0.1, -0.05) is 24.3 Å². The van der Waals surface area contributed by atoms with Crippen molar-refractivity contribution >= 4 is 17.0 Å². The quantitative estimate of drug-likeness (QED) is 0.190. The van der Waals surface area contributed by atoms with Crippen LogP contribution in [0.1, 0.15) is 57.5 Å². The Morgan fingerprint density at radius 1 is 1.02 bits per heavy atom. The molecule has 240 valence electrons. The first-order valence-corrected chi connectivity index (χ1v) is 16.0. The van der Waals surface area contributed by atoms with Crippen LogP contribution in [-0.4, -0.2) is 43.8 Å². The average molecular weight is 639 g/mol. The SMILES string of the molecule is CCn1cncc1Cn1c(Cc2ccc3cc2OCCCc2cc(C#N)ccc2COc2cccc-3n2)nc2ccc(C(=O)OC)cc21. The van der Waals surface area contributed by atoms with Gasteiger partial charge in [-0.15, -0.1) is 0 Å². The first kappa shape index (κ1) is 30.7. The number of nitrogens with zero attached hydrogens (tertiary/aromatic N) is 6. The summed E-state index contributed by atoms with van der Waals surface area (Å²) in [6.07, 6.45) is 5.67. The highest BCUT2D eigenvalue weighted by atomic mass is 16.5. The van der Waals surface area contributed by atoms with Gasteiger partial charge in [0.1, 0.15) is 18.2 Å². The summed E-state index contributed by atoms with van der Waals surface area (Å²) in [5.41, 5.74) is 8.48. The summed E-state index contributed by atoms with van der Waals surface area (Å²) in [6, 6.07) is 25.3. The van der Waals surface area contributed by atoms with Crippen molar-refractivity contribution in [3.8, 4) is 29.0 Å². The van der Waals surface area contributed by atoms with Crippen molar-refractivity contribution in [3.63, 3.8) is 0 Å². The topological polar surface area (TPSA) is 117 Å². The van der Waals surface area contributed by atoms with Gasteiger partial charge in [-0.25, -0.2) is 19.7 Å². The van der Waals surface area contributed by atoms with Gasteiger partial charge < -0.3 is 23.3 Å². The van der Waals surface area contributed by atoms with Crippen LogP contribution in [0.25, 0.3) is 22.3 Å². The Hall–Kier alpha value is -5.95. The highest BCUT2D eigenvalue weighted by molar-refractivity contribution is 5.93. The molecule has 10 nitrogen and oxygen atoms in total. The summed E-state index contributed by atoms with van der Waals surface area (Å²) < 4.78 is 21.9. The summed E-state index contributed by atoms with van der Waals surface area (Å²) >= 11 is 0. The number of aryl methyl sites for hydroxylation is 2. The molecular weight excluding hydrogens is 604 g/mol. The molecule has 7 rings (SSSR count). The van der Waals surface area contributed by atoms with Crippen molar-refractivity contribution in [3.05, 3.63) is 125 Å². The molecule has 0 amide bonds. The molecule has 0 aliphatic carbocycles.